The van der Waals surface area contributed by atoms with E-state index in [9.17, 15) is 0 Å². The van der Waals surface area contributed by atoms with Gasteiger partial charge in [0.05, 0.1) is 19.9 Å². The minimum absolute atomic E-state index is 0.600. The van der Waals surface area contributed by atoms with Crippen molar-refractivity contribution < 1.29 is 9.47 Å². The Bertz CT molecular complexity index is 564. The third-order valence-electron chi connectivity index (χ3n) is 2.97. The lowest BCUT2D eigenvalue weighted by Gasteiger charge is -2.09. The van der Waals surface area contributed by atoms with E-state index in [0.29, 0.717) is 18.0 Å². The third kappa shape index (κ3) is 2.71. The van der Waals surface area contributed by atoms with Crippen molar-refractivity contribution in [1.29, 1.82) is 0 Å². The average Bonchev–Trinajstić information content (AvgIpc) is 2.79. The SMILES string of the molecule is COc1ccc(-c2nc(CCN)cn2C)cc1OC. The van der Waals surface area contributed by atoms with Gasteiger partial charge < -0.3 is 19.8 Å². The topological polar surface area (TPSA) is 62.3 Å². The van der Waals surface area contributed by atoms with Gasteiger partial charge in [0, 0.05) is 25.2 Å². The molecule has 1 aromatic heterocycles. The van der Waals surface area contributed by atoms with Gasteiger partial charge in [0.15, 0.2) is 11.5 Å². The molecule has 102 valence electrons. The first-order chi connectivity index (χ1) is 9.19. The highest BCUT2D eigenvalue weighted by Crippen LogP contribution is 2.31. The van der Waals surface area contributed by atoms with Crippen LogP contribution < -0.4 is 15.2 Å². The van der Waals surface area contributed by atoms with E-state index in [-0.39, 0.29) is 0 Å². The maximum atomic E-state index is 5.56. The highest BCUT2D eigenvalue weighted by molar-refractivity contribution is 5.61. The van der Waals surface area contributed by atoms with Crippen LogP contribution in [0, 0.1) is 0 Å². The second-order valence-electron chi connectivity index (χ2n) is 4.28. The molecule has 0 radical (unpaired) electrons. The second kappa shape index (κ2) is 5.75. The van der Waals surface area contributed by atoms with Crippen molar-refractivity contribution in [2.75, 3.05) is 20.8 Å². The van der Waals surface area contributed by atoms with Gasteiger partial charge in [0.2, 0.25) is 0 Å². The standard InChI is InChI=1S/C14H19N3O2/c1-17-9-11(6-7-15)16-14(17)10-4-5-12(18-2)13(8-10)19-3/h4-5,8-9H,6-7,15H2,1-3H3. The van der Waals surface area contributed by atoms with E-state index in [1.54, 1.807) is 14.2 Å². The average molecular weight is 261 g/mol. The first-order valence-corrected chi connectivity index (χ1v) is 6.14. The number of ether oxygens (including phenoxy) is 2. The van der Waals surface area contributed by atoms with Crippen molar-refractivity contribution in [3.8, 4) is 22.9 Å². The summed E-state index contributed by atoms with van der Waals surface area (Å²) in [7, 11) is 5.22. The van der Waals surface area contributed by atoms with Gasteiger partial charge in [0.1, 0.15) is 5.82 Å². The molecule has 0 aliphatic heterocycles. The van der Waals surface area contributed by atoms with Gasteiger partial charge in [-0.1, -0.05) is 0 Å². The number of imidazole rings is 1. The van der Waals surface area contributed by atoms with E-state index in [4.69, 9.17) is 15.2 Å². The number of aryl methyl sites for hydroxylation is 1. The van der Waals surface area contributed by atoms with Crippen LogP contribution >= 0.6 is 0 Å². The fourth-order valence-corrected chi connectivity index (χ4v) is 2.04. The van der Waals surface area contributed by atoms with Crippen LogP contribution in [0.2, 0.25) is 0 Å². The molecule has 0 aliphatic rings. The summed E-state index contributed by atoms with van der Waals surface area (Å²) in [6, 6.07) is 5.77. The van der Waals surface area contributed by atoms with Crippen molar-refractivity contribution in [3.05, 3.63) is 30.1 Å². The number of hydrogen-bond donors (Lipinski definition) is 1. The molecule has 0 amide bonds. The van der Waals surface area contributed by atoms with Crippen LogP contribution in [0.25, 0.3) is 11.4 Å². The van der Waals surface area contributed by atoms with E-state index in [1.165, 1.54) is 0 Å². The maximum Gasteiger partial charge on any atom is 0.161 e. The summed E-state index contributed by atoms with van der Waals surface area (Å²) in [5.74, 6) is 2.30. The van der Waals surface area contributed by atoms with Gasteiger partial charge in [-0.2, -0.15) is 0 Å². The Morgan fingerprint density at radius 1 is 1.21 bits per heavy atom. The van der Waals surface area contributed by atoms with Crippen LogP contribution in [-0.2, 0) is 13.5 Å². The fraction of sp³-hybridized carbons (Fsp3) is 0.357. The number of methoxy groups -OCH3 is 2. The molecule has 2 aromatic rings. The third-order valence-corrected chi connectivity index (χ3v) is 2.97. The lowest BCUT2D eigenvalue weighted by atomic mass is 10.2. The molecule has 19 heavy (non-hydrogen) atoms. The Morgan fingerprint density at radius 3 is 2.58 bits per heavy atom. The Hall–Kier alpha value is -2.01. The Labute approximate surface area is 113 Å². The largest absolute Gasteiger partial charge is 0.493 e. The summed E-state index contributed by atoms with van der Waals surface area (Å²) in [6.07, 6.45) is 2.78. The predicted octanol–water partition coefficient (Wildman–Crippen LogP) is 1.61. The first-order valence-electron chi connectivity index (χ1n) is 6.14. The molecule has 2 N–H and O–H groups in total. The Morgan fingerprint density at radius 2 is 1.95 bits per heavy atom. The molecule has 0 unspecified atom stereocenters. The molecule has 5 nitrogen and oxygen atoms in total. The van der Waals surface area contributed by atoms with Gasteiger partial charge in [-0.25, -0.2) is 4.98 Å². The fourth-order valence-electron chi connectivity index (χ4n) is 2.04. The van der Waals surface area contributed by atoms with Crippen LogP contribution in [0.3, 0.4) is 0 Å². The first kappa shape index (κ1) is 13.4. The normalized spacial score (nSPS) is 10.5. The number of aromatic nitrogens is 2. The van der Waals surface area contributed by atoms with E-state index < -0.39 is 0 Å². The maximum absolute atomic E-state index is 5.56. The predicted molar refractivity (Wildman–Crippen MR) is 74.5 cm³/mol. The second-order valence-corrected chi connectivity index (χ2v) is 4.28. The zero-order valence-electron chi connectivity index (χ0n) is 11.5. The van der Waals surface area contributed by atoms with Gasteiger partial charge in [-0.15, -0.1) is 0 Å². The zero-order valence-corrected chi connectivity index (χ0v) is 11.5. The highest BCUT2D eigenvalue weighted by Gasteiger charge is 2.11. The van der Waals surface area contributed by atoms with E-state index in [1.807, 2.05) is 36.0 Å². The van der Waals surface area contributed by atoms with Crippen LogP contribution in [0.4, 0.5) is 0 Å². The molecule has 0 saturated heterocycles. The molecule has 0 spiro atoms. The Kier molecular flexibility index (Phi) is 4.06. The van der Waals surface area contributed by atoms with E-state index >= 15 is 0 Å². The molecule has 1 aromatic carbocycles. The van der Waals surface area contributed by atoms with Crippen molar-refractivity contribution in [3.63, 3.8) is 0 Å². The molecule has 5 heteroatoms. The number of nitrogens with zero attached hydrogens (tertiary/aromatic N) is 2. The highest BCUT2D eigenvalue weighted by atomic mass is 16.5. The van der Waals surface area contributed by atoms with E-state index in [0.717, 1.165) is 23.5 Å². The number of hydrogen-bond acceptors (Lipinski definition) is 4. The Balaban J connectivity index is 2.41. The van der Waals surface area contributed by atoms with Crippen molar-refractivity contribution in [1.82, 2.24) is 9.55 Å². The van der Waals surface area contributed by atoms with Crippen molar-refractivity contribution in [2.45, 2.75) is 6.42 Å². The monoisotopic (exact) mass is 261 g/mol. The quantitative estimate of drug-likeness (QED) is 0.888. The summed E-state index contributed by atoms with van der Waals surface area (Å²) in [4.78, 5) is 4.59. The molecular formula is C14H19N3O2. The van der Waals surface area contributed by atoms with Crippen molar-refractivity contribution in [2.24, 2.45) is 12.8 Å². The summed E-state index contributed by atoms with van der Waals surface area (Å²) >= 11 is 0. The van der Waals surface area contributed by atoms with Crippen molar-refractivity contribution >= 4 is 0 Å². The van der Waals surface area contributed by atoms with Gasteiger partial charge in [0.25, 0.3) is 0 Å². The molecule has 1 heterocycles. The number of benzene rings is 1. The van der Waals surface area contributed by atoms with Crippen LogP contribution in [0.15, 0.2) is 24.4 Å². The minimum Gasteiger partial charge on any atom is -0.493 e. The minimum atomic E-state index is 0.600. The lowest BCUT2D eigenvalue weighted by Crippen LogP contribution is -2.02. The number of nitrogens with two attached hydrogens (primary N) is 1. The molecule has 0 bridgehead atoms. The molecule has 0 aliphatic carbocycles. The van der Waals surface area contributed by atoms with Crippen LogP contribution in [-0.4, -0.2) is 30.3 Å². The summed E-state index contributed by atoms with van der Waals surface area (Å²) < 4.78 is 12.5. The molecule has 0 saturated carbocycles. The van der Waals surface area contributed by atoms with Gasteiger partial charge in [-0.3, -0.25) is 0 Å². The molecule has 0 atom stereocenters. The molecular weight excluding hydrogens is 242 g/mol. The number of rotatable bonds is 5. The zero-order chi connectivity index (χ0) is 13.8. The lowest BCUT2D eigenvalue weighted by molar-refractivity contribution is 0.355. The molecule has 0 fully saturated rings. The van der Waals surface area contributed by atoms with Crippen LogP contribution in [0.5, 0.6) is 11.5 Å². The van der Waals surface area contributed by atoms with Gasteiger partial charge >= 0.3 is 0 Å². The van der Waals surface area contributed by atoms with Gasteiger partial charge in [-0.05, 0) is 24.7 Å². The van der Waals surface area contributed by atoms with E-state index in [2.05, 4.69) is 4.98 Å². The smallest absolute Gasteiger partial charge is 0.161 e. The summed E-state index contributed by atoms with van der Waals surface area (Å²) in [5.41, 5.74) is 7.54. The summed E-state index contributed by atoms with van der Waals surface area (Å²) in [6.45, 7) is 0.600. The van der Waals surface area contributed by atoms with Crippen LogP contribution in [0.1, 0.15) is 5.69 Å². The summed E-state index contributed by atoms with van der Waals surface area (Å²) in [5, 5.41) is 0. The molecule has 2 rings (SSSR count).